The van der Waals surface area contributed by atoms with Crippen LogP contribution in [-0.2, 0) is 12.8 Å². The van der Waals surface area contributed by atoms with Crippen LogP contribution in [0.1, 0.15) is 22.7 Å². The zero-order valence-electron chi connectivity index (χ0n) is 20.0. The van der Waals surface area contributed by atoms with E-state index in [2.05, 4.69) is 5.32 Å². The number of nitrogens with one attached hydrogen (secondary N) is 1. The summed E-state index contributed by atoms with van der Waals surface area (Å²) < 4.78 is 22.0. The Morgan fingerprint density at radius 1 is 0.853 bits per heavy atom. The summed E-state index contributed by atoms with van der Waals surface area (Å²) in [5, 5.41) is 3.04. The second-order valence-corrected chi connectivity index (χ2v) is 8.05. The predicted octanol–water partition coefficient (Wildman–Crippen LogP) is 5.10. The number of rotatable bonds is 7. The molecule has 0 spiro atoms. The molecule has 0 bridgehead atoms. The fraction of sp³-hybridized carbons (Fsp3) is 0.296. The van der Waals surface area contributed by atoms with E-state index in [0.717, 1.165) is 28.8 Å². The van der Waals surface area contributed by atoms with Crippen LogP contribution < -0.4 is 24.3 Å². The molecule has 0 unspecified atom stereocenters. The molecule has 1 aliphatic heterocycles. The predicted molar refractivity (Wildman–Crippen MR) is 131 cm³/mol. The lowest BCUT2D eigenvalue weighted by Crippen LogP contribution is -2.43. The van der Waals surface area contributed by atoms with Crippen LogP contribution in [0.25, 0.3) is 0 Å². The highest BCUT2D eigenvalue weighted by Gasteiger charge is 2.32. The fourth-order valence-electron chi connectivity index (χ4n) is 4.44. The molecule has 0 fully saturated rings. The number of fused-ring (bicyclic) bond motifs is 1. The second kappa shape index (κ2) is 10.4. The largest absolute Gasteiger partial charge is 0.493 e. The number of carbonyl (C=O) groups excluding carboxylic acids is 1. The van der Waals surface area contributed by atoms with E-state index in [1.165, 1.54) is 0 Å². The van der Waals surface area contributed by atoms with E-state index in [1.54, 1.807) is 28.4 Å². The van der Waals surface area contributed by atoms with Crippen LogP contribution >= 0.6 is 0 Å². The Labute approximate surface area is 200 Å². The van der Waals surface area contributed by atoms with Crippen molar-refractivity contribution in [2.45, 2.75) is 18.9 Å². The third kappa shape index (κ3) is 4.73. The Balaban J connectivity index is 1.72. The Kier molecular flexibility index (Phi) is 7.11. The minimum atomic E-state index is -0.203. The molecule has 0 saturated carbocycles. The summed E-state index contributed by atoms with van der Waals surface area (Å²) >= 11 is 0. The molecule has 2 amide bonds. The number of benzene rings is 3. The molecule has 1 atom stereocenters. The molecule has 7 nitrogen and oxygen atoms in total. The third-order valence-corrected chi connectivity index (χ3v) is 6.17. The summed E-state index contributed by atoms with van der Waals surface area (Å²) in [6.45, 7) is 0.582. The van der Waals surface area contributed by atoms with Gasteiger partial charge in [0, 0.05) is 12.2 Å². The first kappa shape index (κ1) is 23.3. The van der Waals surface area contributed by atoms with E-state index in [-0.39, 0.29) is 12.1 Å². The maximum Gasteiger partial charge on any atom is 0.322 e. The molecule has 1 heterocycles. The molecule has 4 rings (SSSR count). The van der Waals surface area contributed by atoms with Crippen LogP contribution in [0.2, 0.25) is 0 Å². The third-order valence-electron chi connectivity index (χ3n) is 6.17. The molecular formula is C27H30N2O5. The number of para-hydroxylation sites is 1. The number of hydrogen-bond donors (Lipinski definition) is 1. The van der Waals surface area contributed by atoms with Gasteiger partial charge >= 0.3 is 6.03 Å². The average Bonchev–Trinajstić information content (AvgIpc) is 2.88. The normalized spacial score (nSPS) is 14.7. The van der Waals surface area contributed by atoms with Crippen LogP contribution in [0.4, 0.5) is 10.5 Å². The summed E-state index contributed by atoms with van der Waals surface area (Å²) in [6.07, 6.45) is 1.32. The van der Waals surface area contributed by atoms with Crippen molar-refractivity contribution in [2.75, 3.05) is 40.3 Å². The fourth-order valence-corrected chi connectivity index (χ4v) is 4.44. The first-order valence-corrected chi connectivity index (χ1v) is 11.2. The van der Waals surface area contributed by atoms with Gasteiger partial charge in [-0.05, 0) is 65.9 Å². The van der Waals surface area contributed by atoms with E-state index >= 15 is 0 Å². The number of nitrogens with zero attached hydrogens (tertiary/aromatic N) is 1. The van der Waals surface area contributed by atoms with Crippen molar-refractivity contribution in [3.05, 3.63) is 77.4 Å². The molecule has 34 heavy (non-hydrogen) atoms. The smallest absolute Gasteiger partial charge is 0.322 e. The number of urea groups is 1. The topological polar surface area (TPSA) is 69.3 Å². The van der Waals surface area contributed by atoms with Gasteiger partial charge in [0.15, 0.2) is 23.0 Å². The van der Waals surface area contributed by atoms with Gasteiger partial charge in [0.25, 0.3) is 0 Å². The van der Waals surface area contributed by atoms with Crippen molar-refractivity contribution in [1.29, 1.82) is 0 Å². The van der Waals surface area contributed by atoms with Gasteiger partial charge in [0.1, 0.15) is 0 Å². The molecule has 3 aromatic carbocycles. The lowest BCUT2D eigenvalue weighted by Gasteiger charge is -2.38. The van der Waals surface area contributed by atoms with Gasteiger partial charge < -0.3 is 29.2 Å². The number of amides is 2. The van der Waals surface area contributed by atoms with E-state index in [0.29, 0.717) is 36.0 Å². The maximum atomic E-state index is 13.4. The van der Waals surface area contributed by atoms with Gasteiger partial charge in [0.05, 0.1) is 34.5 Å². The maximum absolute atomic E-state index is 13.4. The highest BCUT2D eigenvalue weighted by atomic mass is 16.5. The number of anilines is 1. The summed E-state index contributed by atoms with van der Waals surface area (Å²) in [4.78, 5) is 15.3. The minimum absolute atomic E-state index is 0.142. The molecule has 0 saturated heterocycles. The van der Waals surface area contributed by atoms with Crippen molar-refractivity contribution in [3.8, 4) is 23.0 Å². The van der Waals surface area contributed by atoms with E-state index in [1.807, 2.05) is 65.6 Å². The second-order valence-electron chi connectivity index (χ2n) is 8.05. The summed E-state index contributed by atoms with van der Waals surface area (Å²) in [5.74, 6) is 2.65. The quantitative estimate of drug-likeness (QED) is 0.529. The Morgan fingerprint density at radius 2 is 1.50 bits per heavy atom. The highest BCUT2D eigenvalue weighted by molar-refractivity contribution is 5.90. The van der Waals surface area contributed by atoms with Crippen LogP contribution in [0.5, 0.6) is 23.0 Å². The number of methoxy groups -OCH3 is 4. The minimum Gasteiger partial charge on any atom is -0.493 e. The Hall–Kier alpha value is -3.87. The van der Waals surface area contributed by atoms with Gasteiger partial charge in [-0.1, -0.05) is 24.3 Å². The van der Waals surface area contributed by atoms with E-state index in [9.17, 15) is 4.79 Å². The highest BCUT2D eigenvalue weighted by Crippen LogP contribution is 2.40. The summed E-state index contributed by atoms with van der Waals surface area (Å²) in [6, 6.07) is 19.0. The number of hydrogen-bond acceptors (Lipinski definition) is 5. The Bertz CT molecular complexity index is 1150. The van der Waals surface area contributed by atoms with Crippen molar-refractivity contribution in [2.24, 2.45) is 0 Å². The van der Waals surface area contributed by atoms with Crippen LogP contribution in [0, 0.1) is 0 Å². The van der Waals surface area contributed by atoms with Gasteiger partial charge in [-0.15, -0.1) is 0 Å². The van der Waals surface area contributed by atoms with Crippen LogP contribution in [0.3, 0.4) is 0 Å². The summed E-state index contributed by atoms with van der Waals surface area (Å²) in [7, 11) is 6.49. The number of carbonyl (C=O) groups is 1. The van der Waals surface area contributed by atoms with Gasteiger partial charge in [0.2, 0.25) is 0 Å². The Morgan fingerprint density at radius 3 is 2.18 bits per heavy atom. The van der Waals surface area contributed by atoms with Crippen molar-refractivity contribution in [1.82, 2.24) is 4.90 Å². The monoisotopic (exact) mass is 462 g/mol. The lowest BCUT2D eigenvalue weighted by atomic mass is 9.88. The zero-order chi connectivity index (χ0) is 24.1. The molecular weight excluding hydrogens is 432 g/mol. The molecule has 0 aliphatic carbocycles. The molecule has 0 aromatic heterocycles. The average molecular weight is 463 g/mol. The standard InChI is InChI=1S/C27H30N2O5/c1-31-23-11-10-18(15-24(23)32-2)14-22-21-17-26(34-4)25(33-3)16-19(21)12-13-29(22)27(30)28-20-8-6-5-7-9-20/h5-11,15-17,22H,12-14H2,1-4H3,(H,28,30)/t22-/m1/s1. The zero-order valence-corrected chi connectivity index (χ0v) is 20.0. The van der Waals surface area contributed by atoms with Crippen molar-refractivity contribution >= 4 is 11.7 Å². The summed E-state index contributed by atoms with van der Waals surface area (Å²) in [5.41, 5.74) is 3.98. The first-order valence-electron chi connectivity index (χ1n) is 11.2. The van der Waals surface area contributed by atoms with E-state index < -0.39 is 0 Å². The van der Waals surface area contributed by atoms with Gasteiger partial charge in [-0.25, -0.2) is 4.79 Å². The molecule has 1 aliphatic rings. The lowest BCUT2D eigenvalue weighted by molar-refractivity contribution is 0.181. The molecule has 178 valence electrons. The van der Waals surface area contributed by atoms with Gasteiger partial charge in [-0.3, -0.25) is 0 Å². The first-order chi connectivity index (χ1) is 16.6. The van der Waals surface area contributed by atoms with E-state index in [4.69, 9.17) is 18.9 Å². The molecule has 0 radical (unpaired) electrons. The van der Waals surface area contributed by atoms with Gasteiger partial charge in [-0.2, -0.15) is 0 Å². The molecule has 7 heteroatoms. The molecule has 3 aromatic rings. The van der Waals surface area contributed by atoms with Crippen molar-refractivity contribution in [3.63, 3.8) is 0 Å². The van der Waals surface area contributed by atoms with Crippen LogP contribution in [-0.4, -0.2) is 45.9 Å². The van der Waals surface area contributed by atoms with Crippen LogP contribution in [0.15, 0.2) is 60.7 Å². The number of ether oxygens (including phenoxy) is 4. The SMILES string of the molecule is COc1ccc(C[C@@H]2c3cc(OC)c(OC)cc3CCN2C(=O)Nc2ccccc2)cc1OC. The molecule has 1 N–H and O–H groups in total. The van der Waals surface area contributed by atoms with Crippen molar-refractivity contribution < 1.29 is 23.7 Å².